The van der Waals surface area contributed by atoms with E-state index in [1.807, 2.05) is 27.7 Å². The van der Waals surface area contributed by atoms with Gasteiger partial charge < -0.3 is 24.9 Å². The number of aliphatic hydroxyl groups is 1. The number of hydrogen-bond donors (Lipinski definition) is 2. The Balaban J connectivity index is 0. The van der Waals surface area contributed by atoms with Crippen molar-refractivity contribution in [1.82, 2.24) is 19.5 Å². The van der Waals surface area contributed by atoms with Crippen LogP contribution in [0.5, 0.6) is 0 Å². The molecule has 0 unspecified atom stereocenters. The van der Waals surface area contributed by atoms with Crippen LogP contribution >= 0.6 is 29.0 Å². The average molecular weight is 632 g/mol. The van der Waals surface area contributed by atoms with E-state index in [1.165, 1.54) is 23.0 Å². The first-order valence-electron chi connectivity index (χ1n) is 12.2. The van der Waals surface area contributed by atoms with Crippen molar-refractivity contribution in [3.63, 3.8) is 0 Å². The van der Waals surface area contributed by atoms with Crippen molar-refractivity contribution < 1.29 is 41.5 Å². The van der Waals surface area contributed by atoms with Crippen LogP contribution in [0, 0.1) is 0 Å². The van der Waals surface area contributed by atoms with E-state index in [2.05, 4.69) is 24.0 Å². The number of hydrogen-bond acceptors (Lipinski definition) is 11. The number of anilines is 1. The predicted octanol–water partition coefficient (Wildman–Crippen LogP) is 6.06. The summed E-state index contributed by atoms with van der Waals surface area (Å²) in [5.41, 5.74) is 6.22. The molecule has 0 aromatic carbocycles. The fraction of sp³-hybridized carbons (Fsp3) is 0.609. The third-order valence-electron chi connectivity index (χ3n) is 3.98. The van der Waals surface area contributed by atoms with Gasteiger partial charge in [-0.15, -0.1) is 0 Å². The summed E-state index contributed by atoms with van der Waals surface area (Å²) in [5.74, 6) is -0.994. The van der Waals surface area contributed by atoms with Crippen LogP contribution in [0.4, 0.5) is 14.7 Å². The lowest BCUT2D eigenvalue weighted by molar-refractivity contribution is 0.162. The molecule has 0 aliphatic heterocycles. The summed E-state index contributed by atoms with van der Waals surface area (Å²) in [6.07, 6.45) is 4.56. The zero-order valence-electron chi connectivity index (χ0n) is 23.1. The van der Waals surface area contributed by atoms with Gasteiger partial charge in [0.05, 0.1) is 32.7 Å². The highest BCUT2D eigenvalue weighted by Gasteiger charge is 2.11. The summed E-state index contributed by atoms with van der Waals surface area (Å²) in [7, 11) is -0.822. The van der Waals surface area contributed by atoms with Crippen LogP contribution in [0.15, 0.2) is 30.1 Å². The van der Waals surface area contributed by atoms with Gasteiger partial charge in [-0.25, -0.2) is 22.9 Å². The lowest BCUT2D eigenvalue weighted by atomic mass is 10.3. The molecule has 2 aromatic rings. The van der Waals surface area contributed by atoms with Crippen LogP contribution in [-0.2, 0) is 34.2 Å². The number of aliphatic hydroxyl groups excluding tert-OH is 1. The smallest absolute Gasteiger partial charge is 0.327 e. The van der Waals surface area contributed by atoms with E-state index < -0.39 is 35.6 Å². The number of fused-ring (bicyclic) bond motifs is 1. The van der Waals surface area contributed by atoms with Gasteiger partial charge in [0.25, 0.3) is 0 Å². The number of nitrogen functional groups attached to an aromatic ring is 1. The Morgan fingerprint density at radius 2 is 1.48 bits per heavy atom. The van der Waals surface area contributed by atoms with Crippen LogP contribution in [0.2, 0.25) is 5.15 Å². The first kappa shape index (κ1) is 40.1. The maximum atomic E-state index is 13.7. The number of ether oxygens (including phenoxy) is 2. The normalized spacial score (nSPS) is 11.4. The molecule has 0 atom stereocenters. The standard InChI is InChI=1S/C10H10ClFN5O2P.C5H8FO3P.2C4H10O/c11-8-7-9(16-10(13)15-8)17(5-14-7)4-6(12)2-1-3-19-20-18;6-5(4-7)2-1-3-9-10-8;2*1-3-5-4-2/h2,5H,1,3-4H2,(H2,13,15,16);2,7H,1,3-4H2;2*3-4H2,1-2H3/b6-2+;5-2+;;. The van der Waals surface area contributed by atoms with E-state index >= 15 is 0 Å². The van der Waals surface area contributed by atoms with Gasteiger partial charge in [-0.3, -0.25) is 9.05 Å². The summed E-state index contributed by atoms with van der Waals surface area (Å²) >= 11 is 5.87. The second-order valence-electron chi connectivity index (χ2n) is 6.83. The Labute approximate surface area is 241 Å². The van der Waals surface area contributed by atoms with Crippen molar-refractivity contribution in [2.45, 2.75) is 47.1 Å². The largest absolute Gasteiger partial charge is 0.389 e. The molecule has 12 nitrogen and oxygen atoms in total. The summed E-state index contributed by atoms with van der Waals surface area (Å²) in [6.45, 7) is 11.1. The molecular weight excluding hydrogens is 594 g/mol. The van der Waals surface area contributed by atoms with E-state index in [4.69, 9.17) is 31.9 Å². The van der Waals surface area contributed by atoms with Gasteiger partial charge in [-0.1, -0.05) is 11.6 Å². The molecule has 0 aliphatic rings. The van der Waals surface area contributed by atoms with Crippen LogP contribution in [0.25, 0.3) is 11.2 Å². The quantitative estimate of drug-likeness (QED) is 0.133. The van der Waals surface area contributed by atoms with Gasteiger partial charge >= 0.3 is 17.4 Å². The molecule has 0 saturated carbocycles. The third kappa shape index (κ3) is 21.8. The molecule has 2 rings (SSSR count). The number of imidazole rings is 1. The second-order valence-corrected chi connectivity index (χ2v) is 8.01. The Kier molecular flexibility index (Phi) is 28.6. The van der Waals surface area contributed by atoms with Crippen molar-refractivity contribution in [3.8, 4) is 0 Å². The Hall–Kier alpha value is -2.02. The molecule has 228 valence electrons. The van der Waals surface area contributed by atoms with E-state index in [-0.39, 0.29) is 30.9 Å². The molecule has 2 heterocycles. The summed E-state index contributed by atoms with van der Waals surface area (Å²) < 4.78 is 65.4. The van der Waals surface area contributed by atoms with Gasteiger partial charge in [0.2, 0.25) is 5.95 Å². The van der Waals surface area contributed by atoms with Crippen LogP contribution in [-0.4, -0.2) is 70.9 Å². The Morgan fingerprint density at radius 3 is 1.90 bits per heavy atom. The van der Waals surface area contributed by atoms with Gasteiger partial charge in [0.15, 0.2) is 10.8 Å². The zero-order valence-corrected chi connectivity index (χ0v) is 25.6. The van der Waals surface area contributed by atoms with E-state index in [0.29, 0.717) is 24.0 Å². The van der Waals surface area contributed by atoms with Gasteiger partial charge in [-0.2, -0.15) is 9.97 Å². The van der Waals surface area contributed by atoms with Gasteiger partial charge in [-0.05, 0) is 52.7 Å². The molecular formula is C23H38ClF2N5O7P2. The molecule has 3 N–H and O–H groups in total. The van der Waals surface area contributed by atoms with Crippen molar-refractivity contribution in [2.75, 3.05) is 52.0 Å². The van der Waals surface area contributed by atoms with Gasteiger partial charge in [0.1, 0.15) is 17.2 Å². The number of aromatic nitrogens is 4. The Morgan fingerprint density at radius 1 is 0.975 bits per heavy atom. The van der Waals surface area contributed by atoms with E-state index in [0.717, 1.165) is 26.4 Å². The number of nitrogens with zero attached hydrogens (tertiary/aromatic N) is 4. The molecule has 2 aromatic heterocycles. The minimum atomic E-state index is -0.592. The molecule has 0 amide bonds. The number of allylic oxidation sites excluding steroid dienone is 1. The predicted molar refractivity (Wildman–Crippen MR) is 151 cm³/mol. The number of nitrogens with two attached hydrogens (primary N) is 1. The maximum absolute atomic E-state index is 13.7. The third-order valence-corrected chi connectivity index (χ3v) is 4.82. The lowest BCUT2D eigenvalue weighted by Gasteiger charge is -2.02. The van der Waals surface area contributed by atoms with Crippen molar-refractivity contribution in [2.24, 2.45) is 0 Å². The lowest BCUT2D eigenvalue weighted by Crippen LogP contribution is -2.02. The SMILES string of the molecule is CCOCC.CCOCC.Nc1nc(Cl)c2ncn(C/C(F)=C\CCOP=O)c2n1.O=POCC/C=C(/F)CO. The number of halogens is 3. The Bertz CT molecular complexity index is 994. The summed E-state index contributed by atoms with van der Waals surface area (Å²) in [6, 6.07) is 0. The molecule has 0 saturated heterocycles. The fourth-order valence-electron chi connectivity index (χ4n) is 2.35. The van der Waals surface area contributed by atoms with Crippen LogP contribution in [0.3, 0.4) is 0 Å². The van der Waals surface area contributed by atoms with Crippen molar-refractivity contribution in [3.05, 3.63) is 35.3 Å². The maximum Gasteiger partial charge on any atom is 0.327 e. The molecule has 0 radical (unpaired) electrons. The molecule has 0 aliphatic carbocycles. The second kappa shape index (κ2) is 28.5. The highest BCUT2D eigenvalue weighted by atomic mass is 35.5. The van der Waals surface area contributed by atoms with Crippen LogP contribution < -0.4 is 5.73 Å². The highest BCUT2D eigenvalue weighted by molar-refractivity contribution is 7.17. The zero-order chi connectivity index (χ0) is 30.6. The van der Waals surface area contributed by atoms with Crippen LogP contribution in [0.1, 0.15) is 40.5 Å². The monoisotopic (exact) mass is 631 g/mol. The number of rotatable bonds is 15. The first-order chi connectivity index (χ1) is 19.2. The average Bonchev–Trinajstić information content (AvgIpc) is 3.33. The fourth-order valence-corrected chi connectivity index (χ4v) is 2.93. The van der Waals surface area contributed by atoms with Crippen molar-refractivity contribution >= 4 is 46.1 Å². The topological polar surface area (TPSA) is 161 Å². The minimum absolute atomic E-state index is 0.00325. The van der Waals surface area contributed by atoms with E-state index in [9.17, 15) is 17.9 Å². The summed E-state index contributed by atoms with van der Waals surface area (Å²) in [5, 5.41) is 8.27. The van der Waals surface area contributed by atoms with Crippen molar-refractivity contribution in [1.29, 1.82) is 0 Å². The summed E-state index contributed by atoms with van der Waals surface area (Å²) in [4.78, 5) is 11.8. The first-order valence-corrected chi connectivity index (χ1v) is 14.1. The highest BCUT2D eigenvalue weighted by Crippen LogP contribution is 2.20. The molecule has 0 spiro atoms. The molecule has 17 heteroatoms. The minimum Gasteiger partial charge on any atom is -0.389 e. The van der Waals surface area contributed by atoms with E-state index in [1.54, 1.807) is 0 Å². The molecule has 0 bridgehead atoms. The van der Waals surface area contributed by atoms with Gasteiger partial charge in [0, 0.05) is 26.4 Å². The molecule has 0 fully saturated rings. The molecule has 40 heavy (non-hydrogen) atoms.